The number of carbonyl (C=O) groups excluding carboxylic acids is 1. The number of methoxy groups -OCH3 is 1. The summed E-state index contributed by atoms with van der Waals surface area (Å²) in [6.07, 6.45) is 0.422. The second-order valence-corrected chi connectivity index (χ2v) is 4.14. The van der Waals surface area contributed by atoms with Crippen LogP contribution in [-0.2, 0) is 11.2 Å². The molecule has 0 bridgehead atoms. The standard InChI is InChI=1S/C10H14BrN3O2/c1-16-9-3-2-6(4-7(9)11)5-8(12)10(15)14-13/h2-4,8H,5,12-13H2,1H3,(H,14,15). The fraction of sp³-hybridized carbons (Fsp3) is 0.300. The molecule has 16 heavy (non-hydrogen) atoms. The topological polar surface area (TPSA) is 90.4 Å². The van der Waals surface area contributed by atoms with Crippen molar-refractivity contribution in [2.45, 2.75) is 12.5 Å². The molecule has 0 radical (unpaired) electrons. The van der Waals surface area contributed by atoms with Gasteiger partial charge in [0.2, 0.25) is 0 Å². The predicted molar refractivity (Wildman–Crippen MR) is 64.7 cm³/mol. The van der Waals surface area contributed by atoms with Gasteiger partial charge in [0, 0.05) is 0 Å². The van der Waals surface area contributed by atoms with Crippen LogP contribution in [0.3, 0.4) is 0 Å². The molecule has 0 fully saturated rings. The zero-order chi connectivity index (χ0) is 12.1. The number of benzene rings is 1. The van der Waals surface area contributed by atoms with E-state index in [-0.39, 0.29) is 5.91 Å². The summed E-state index contributed by atoms with van der Waals surface area (Å²) in [5.74, 6) is 5.35. The molecule has 6 heteroatoms. The Balaban J connectivity index is 2.75. The SMILES string of the molecule is COc1ccc(CC(N)C(=O)NN)cc1Br. The molecule has 5 N–H and O–H groups in total. The van der Waals surface area contributed by atoms with Crippen LogP contribution in [0.25, 0.3) is 0 Å². The lowest BCUT2D eigenvalue weighted by atomic mass is 10.1. The lowest BCUT2D eigenvalue weighted by molar-refractivity contribution is -0.122. The molecule has 1 aromatic carbocycles. The Bertz CT molecular complexity index is 384. The van der Waals surface area contributed by atoms with Gasteiger partial charge in [0.1, 0.15) is 5.75 Å². The molecule has 0 aromatic heterocycles. The molecule has 0 heterocycles. The van der Waals surface area contributed by atoms with E-state index in [0.717, 1.165) is 15.8 Å². The number of hydrogen-bond acceptors (Lipinski definition) is 4. The molecule has 0 aliphatic heterocycles. The van der Waals surface area contributed by atoms with Crippen LogP contribution in [0.4, 0.5) is 0 Å². The van der Waals surface area contributed by atoms with E-state index in [1.807, 2.05) is 23.6 Å². The molecule has 1 unspecified atom stereocenters. The van der Waals surface area contributed by atoms with Gasteiger partial charge in [-0.25, -0.2) is 5.84 Å². The van der Waals surface area contributed by atoms with Crippen molar-refractivity contribution in [3.8, 4) is 5.75 Å². The smallest absolute Gasteiger partial charge is 0.251 e. The Labute approximate surface area is 102 Å². The third-order valence-electron chi connectivity index (χ3n) is 2.15. The molecule has 1 amide bonds. The molecule has 1 aromatic rings. The minimum atomic E-state index is -0.648. The van der Waals surface area contributed by atoms with Crippen LogP contribution in [0.1, 0.15) is 5.56 Å². The molecule has 88 valence electrons. The van der Waals surface area contributed by atoms with Gasteiger partial charge < -0.3 is 10.5 Å². The molecular formula is C10H14BrN3O2. The highest BCUT2D eigenvalue weighted by atomic mass is 79.9. The quantitative estimate of drug-likeness (QED) is 0.423. The first kappa shape index (κ1) is 13.0. The first-order chi connectivity index (χ1) is 7.58. The molecule has 0 saturated carbocycles. The monoisotopic (exact) mass is 287 g/mol. The second-order valence-electron chi connectivity index (χ2n) is 3.29. The van der Waals surface area contributed by atoms with Crippen molar-refractivity contribution in [3.63, 3.8) is 0 Å². The van der Waals surface area contributed by atoms with E-state index in [9.17, 15) is 4.79 Å². The average Bonchev–Trinajstić information content (AvgIpc) is 2.28. The first-order valence-electron chi connectivity index (χ1n) is 4.67. The minimum Gasteiger partial charge on any atom is -0.496 e. The van der Waals surface area contributed by atoms with Crippen LogP contribution in [0, 0.1) is 0 Å². The fourth-order valence-electron chi connectivity index (χ4n) is 1.29. The third-order valence-corrected chi connectivity index (χ3v) is 2.77. The van der Waals surface area contributed by atoms with E-state index >= 15 is 0 Å². The Morgan fingerprint density at radius 3 is 2.81 bits per heavy atom. The highest BCUT2D eigenvalue weighted by Crippen LogP contribution is 2.25. The Morgan fingerprint density at radius 1 is 1.62 bits per heavy atom. The summed E-state index contributed by atoms with van der Waals surface area (Å²) in [4.78, 5) is 11.1. The van der Waals surface area contributed by atoms with Crippen molar-refractivity contribution in [2.24, 2.45) is 11.6 Å². The number of amides is 1. The van der Waals surface area contributed by atoms with Gasteiger partial charge in [-0.05, 0) is 40.0 Å². The largest absolute Gasteiger partial charge is 0.496 e. The highest BCUT2D eigenvalue weighted by molar-refractivity contribution is 9.10. The van der Waals surface area contributed by atoms with Gasteiger partial charge in [0.05, 0.1) is 17.6 Å². The van der Waals surface area contributed by atoms with Crippen molar-refractivity contribution in [1.82, 2.24) is 5.43 Å². The molecular weight excluding hydrogens is 274 g/mol. The predicted octanol–water partition coefficient (Wildman–Crippen LogP) is 0.317. The summed E-state index contributed by atoms with van der Waals surface area (Å²) in [7, 11) is 1.59. The molecule has 1 rings (SSSR count). The molecule has 0 spiro atoms. The maximum absolute atomic E-state index is 11.1. The van der Waals surface area contributed by atoms with Crippen molar-refractivity contribution in [3.05, 3.63) is 28.2 Å². The van der Waals surface area contributed by atoms with Crippen LogP contribution in [-0.4, -0.2) is 19.1 Å². The second kappa shape index (κ2) is 5.83. The van der Waals surface area contributed by atoms with Crippen molar-refractivity contribution in [2.75, 3.05) is 7.11 Å². The van der Waals surface area contributed by atoms with Crippen molar-refractivity contribution < 1.29 is 9.53 Å². The third kappa shape index (κ3) is 3.19. The van der Waals surface area contributed by atoms with Gasteiger partial charge in [-0.1, -0.05) is 6.07 Å². The van der Waals surface area contributed by atoms with E-state index in [0.29, 0.717) is 6.42 Å². The van der Waals surface area contributed by atoms with Crippen LogP contribution >= 0.6 is 15.9 Å². The summed E-state index contributed by atoms with van der Waals surface area (Å²) >= 11 is 3.36. The first-order valence-corrected chi connectivity index (χ1v) is 5.46. The Kier molecular flexibility index (Phi) is 4.72. The number of rotatable bonds is 4. The van der Waals surface area contributed by atoms with E-state index < -0.39 is 6.04 Å². The van der Waals surface area contributed by atoms with Gasteiger partial charge in [0.15, 0.2) is 0 Å². The van der Waals surface area contributed by atoms with Crippen molar-refractivity contribution in [1.29, 1.82) is 0 Å². The molecule has 5 nitrogen and oxygen atoms in total. The number of nitrogens with one attached hydrogen (secondary N) is 1. The molecule has 1 atom stereocenters. The van der Waals surface area contributed by atoms with Gasteiger partial charge in [-0.3, -0.25) is 10.2 Å². The van der Waals surface area contributed by atoms with Crippen LogP contribution < -0.4 is 21.7 Å². The number of carbonyl (C=O) groups is 1. The number of nitrogens with two attached hydrogens (primary N) is 2. The Morgan fingerprint density at radius 2 is 2.31 bits per heavy atom. The summed E-state index contributed by atoms with van der Waals surface area (Å²) in [5.41, 5.74) is 8.60. The number of ether oxygens (including phenoxy) is 1. The van der Waals surface area contributed by atoms with Gasteiger partial charge in [0.25, 0.3) is 5.91 Å². The highest BCUT2D eigenvalue weighted by Gasteiger charge is 2.13. The van der Waals surface area contributed by atoms with Crippen LogP contribution in [0.2, 0.25) is 0 Å². The summed E-state index contributed by atoms with van der Waals surface area (Å²) in [6.45, 7) is 0. The number of halogens is 1. The fourth-order valence-corrected chi connectivity index (χ4v) is 1.88. The number of hydrogen-bond donors (Lipinski definition) is 3. The lowest BCUT2D eigenvalue weighted by Gasteiger charge is -2.11. The van der Waals surface area contributed by atoms with E-state index in [1.165, 1.54) is 0 Å². The maximum Gasteiger partial charge on any atom is 0.251 e. The summed E-state index contributed by atoms with van der Waals surface area (Å²) in [6, 6.07) is 4.88. The summed E-state index contributed by atoms with van der Waals surface area (Å²) < 4.78 is 5.92. The maximum atomic E-state index is 11.1. The van der Waals surface area contributed by atoms with Gasteiger partial charge in [-0.2, -0.15) is 0 Å². The zero-order valence-corrected chi connectivity index (χ0v) is 10.5. The van der Waals surface area contributed by atoms with Gasteiger partial charge >= 0.3 is 0 Å². The summed E-state index contributed by atoms with van der Waals surface area (Å²) in [5, 5.41) is 0. The Hall–Kier alpha value is -1.11. The molecule has 0 aliphatic rings. The van der Waals surface area contributed by atoms with E-state index in [4.69, 9.17) is 16.3 Å². The number of hydrazine groups is 1. The van der Waals surface area contributed by atoms with Gasteiger partial charge in [-0.15, -0.1) is 0 Å². The van der Waals surface area contributed by atoms with E-state index in [2.05, 4.69) is 15.9 Å². The molecule has 0 aliphatic carbocycles. The van der Waals surface area contributed by atoms with Crippen LogP contribution in [0.5, 0.6) is 5.75 Å². The van der Waals surface area contributed by atoms with Crippen molar-refractivity contribution >= 4 is 21.8 Å². The van der Waals surface area contributed by atoms with E-state index in [1.54, 1.807) is 7.11 Å². The zero-order valence-electron chi connectivity index (χ0n) is 8.87. The average molecular weight is 288 g/mol. The lowest BCUT2D eigenvalue weighted by Crippen LogP contribution is -2.45. The normalized spacial score (nSPS) is 12.0. The van der Waals surface area contributed by atoms with Crippen LogP contribution in [0.15, 0.2) is 22.7 Å². The molecule has 0 saturated heterocycles. The minimum absolute atomic E-state index is 0.382.